The minimum atomic E-state index is -0.401. The number of nitrogens with one attached hydrogen (secondary N) is 1. The van der Waals surface area contributed by atoms with Crippen molar-refractivity contribution in [2.45, 2.75) is 13.8 Å². The van der Waals surface area contributed by atoms with Crippen molar-refractivity contribution in [1.82, 2.24) is 10.2 Å². The molecule has 0 unspecified atom stereocenters. The maximum absolute atomic E-state index is 11.8. The van der Waals surface area contributed by atoms with Crippen molar-refractivity contribution in [3.8, 4) is 5.75 Å². The van der Waals surface area contributed by atoms with Crippen molar-refractivity contribution in [2.75, 3.05) is 19.6 Å². The number of phenolic OH excluding ortho intramolecular Hbond substituents is 1. The third-order valence-electron chi connectivity index (χ3n) is 2.73. The number of hydrogen-bond donors (Lipinski definition) is 2. The van der Waals surface area contributed by atoms with Gasteiger partial charge in [-0.3, -0.25) is 9.59 Å². The van der Waals surface area contributed by atoms with E-state index in [0.29, 0.717) is 18.7 Å². The molecule has 0 radical (unpaired) electrons. The molecule has 0 aromatic heterocycles. The normalized spacial score (nSPS) is 10.1. The second-order valence-electron chi connectivity index (χ2n) is 3.91. The molecule has 0 bridgehead atoms. The lowest BCUT2D eigenvalue weighted by Gasteiger charge is -2.18. The number of likely N-dealkylation sites (N-methyl/N-ethyl adjacent to an activating group) is 1. The molecule has 1 aromatic rings. The van der Waals surface area contributed by atoms with Crippen LogP contribution in [0.25, 0.3) is 0 Å². The van der Waals surface area contributed by atoms with Crippen LogP contribution in [0.4, 0.5) is 0 Å². The molecule has 1 aromatic carbocycles. The summed E-state index contributed by atoms with van der Waals surface area (Å²) in [6.45, 7) is 4.91. The molecule has 0 heterocycles. The van der Waals surface area contributed by atoms with Crippen molar-refractivity contribution < 1.29 is 14.7 Å². The van der Waals surface area contributed by atoms with Crippen molar-refractivity contribution in [1.29, 1.82) is 0 Å². The zero-order chi connectivity index (χ0) is 14.4. The second kappa shape index (κ2) is 6.99. The van der Waals surface area contributed by atoms with E-state index < -0.39 is 5.91 Å². The molecule has 2 N–H and O–H groups in total. The number of benzene rings is 1. The summed E-state index contributed by atoms with van der Waals surface area (Å²) in [4.78, 5) is 25.1. The maximum atomic E-state index is 11.8. The zero-order valence-corrected chi connectivity index (χ0v) is 11.7. The van der Waals surface area contributed by atoms with Gasteiger partial charge in [0, 0.05) is 18.7 Å². The molecular formula is C13H17ClN2O3. The summed E-state index contributed by atoms with van der Waals surface area (Å²) < 4.78 is 0. The van der Waals surface area contributed by atoms with E-state index in [-0.39, 0.29) is 23.2 Å². The van der Waals surface area contributed by atoms with Crippen LogP contribution in [-0.2, 0) is 4.79 Å². The number of carbonyl (C=O) groups excluding carboxylic acids is 2. The lowest BCUT2D eigenvalue weighted by atomic mass is 10.2. The molecule has 104 valence electrons. The largest absolute Gasteiger partial charge is 0.506 e. The molecule has 2 amide bonds. The smallest absolute Gasteiger partial charge is 0.251 e. The number of rotatable bonds is 5. The van der Waals surface area contributed by atoms with Gasteiger partial charge >= 0.3 is 0 Å². The Balaban J connectivity index is 2.60. The van der Waals surface area contributed by atoms with Gasteiger partial charge in [0.15, 0.2) is 0 Å². The van der Waals surface area contributed by atoms with Crippen LogP contribution in [0.5, 0.6) is 5.75 Å². The Labute approximate surface area is 117 Å². The first-order valence-corrected chi connectivity index (χ1v) is 6.41. The number of amides is 2. The van der Waals surface area contributed by atoms with Crippen molar-refractivity contribution in [2.24, 2.45) is 0 Å². The molecule has 0 saturated heterocycles. The predicted molar refractivity (Wildman–Crippen MR) is 73.4 cm³/mol. The van der Waals surface area contributed by atoms with E-state index in [0.717, 1.165) is 0 Å². The average molecular weight is 285 g/mol. The first-order valence-electron chi connectivity index (χ1n) is 6.04. The van der Waals surface area contributed by atoms with Crippen LogP contribution in [0.15, 0.2) is 18.2 Å². The summed E-state index contributed by atoms with van der Waals surface area (Å²) in [5.41, 5.74) is 0.301. The van der Waals surface area contributed by atoms with Crippen LogP contribution < -0.4 is 5.32 Å². The zero-order valence-electron chi connectivity index (χ0n) is 10.9. The Morgan fingerprint density at radius 3 is 2.47 bits per heavy atom. The van der Waals surface area contributed by atoms with Gasteiger partial charge in [0.2, 0.25) is 5.91 Å². The van der Waals surface area contributed by atoms with Crippen molar-refractivity contribution >= 4 is 23.4 Å². The lowest BCUT2D eigenvalue weighted by Crippen LogP contribution is -2.39. The Hall–Kier alpha value is -1.75. The summed E-state index contributed by atoms with van der Waals surface area (Å²) in [5, 5.41) is 11.9. The van der Waals surface area contributed by atoms with E-state index in [1.165, 1.54) is 18.2 Å². The number of carbonyl (C=O) groups is 2. The Morgan fingerprint density at radius 1 is 1.32 bits per heavy atom. The fourth-order valence-corrected chi connectivity index (χ4v) is 1.77. The molecule has 0 aliphatic carbocycles. The van der Waals surface area contributed by atoms with E-state index in [9.17, 15) is 14.7 Å². The molecule has 0 aliphatic rings. The van der Waals surface area contributed by atoms with Crippen molar-refractivity contribution in [3.05, 3.63) is 28.8 Å². The highest BCUT2D eigenvalue weighted by molar-refractivity contribution is 6.32. The highest BCUT2D eigenvalue weighted by Gasteiger charge is 2.13. The minimum Gasteiger partial charge on any atom is -0.506 e. The number of aromatic hydroxyl groups is 1. The van der Waals surface area contributed by atoms with Crippen LogP contribution in [0.3, 0.4) is 0 Å². The third-order valence-corrected chi connectivity index (χ3v) is 3.03. The highest BCUT2D eigenvalue weighted by Crippen LogP contribution is 2.23. The summed E-state index contributed by atoms with van der Waals surface area (Å²) in [7, 11) is 0. The van der Waals surface area contributed by atoms with E-state index >= 15 is 0 Å². The fraction of sp³-hybridized carbons (Fsp3) is 0.385. The first kappa shape index (κ1) is 15.3. The van der Waals surface area contributed by atoms with Gasteiger partial charge in [-0.25, -0.2) is 0 Å². The lowest BCUT2D eigenvalue weighted by molar-refractivity contribution is -0.129. The predicted octanol–water partition coefficient (Wildman–Crippen LogP) is 1.64. The molecule has 5 nitrogen and oxygen atoms in total. The monoisotopic (exact) mass is 284 g/mol. The van der Waals surface area contributed by atoms with E-state index in [4.69, 9.17) is 11.6 Å². The number of phenols is 1. The van der Waals surface area contributed by atoms with Crippen molar-refractivity contribution in [3.63, 3.8) is 0 Å². The molecule has 6 heteroatoms. The summed E-state index contributed by atoms with van der Waals surface area (Å²) in [6, 6.07) is 4.13. The minimum absolute atomic E-state index is 0.0565. The molecule has 0 fully saturated rings. The topological polar surface area (TPSA) is 69.6 Å². The summed E-state index contributed by atoms with van der Waals surface area (Å²) in [5.74, 6) is -0.622. The molecule has 19 heavy (non-hydrogen) atoms. The van der Waals surface area contributed by atoms with Gasteiger partial charge in [0.25, 0.3) is 5.91 Å². The quantitative estimate of drug-likeness (QED) is 0.864. The fourth-order valence-electron chi connectivity index (χ4n) is 1.59. The Kier molecular flexibility index (Phi) is 5.63. The van der Waals surface area contributed by atoms with Crippen LogP contribution in [0, 0.1) is 0 Å². The van der Waals surface area contributed by atoms with Crippen LogP contribution in [-0.4, -0.2) is 41.5 Å². The third kappa shape index (κ3) is 4.13. The van der Waals surface area contributed by atoms with Crippen LogP contribution >= 0.6 is 11.6 Å². The average Bonchev–Trinajstić information content (AvgIpc) is 2.40. The van der Waals surface area contributed by atoms with Gasteiger partial charge in [-0.15, -0.1) is 0 Å². The SMILES string of the molecule is CCN(CC)C(=O)CNC(=O)c1ccc(O)c(Cl)c1. The molecular weight excluding hydrogens is 268 g/mol. The summed E-state index contributed by atoms with van der Waals surface area (Å²) >= 11 is 5.71. The second-order valence-corrected chi connectivity index (χ2v) is 4.32. The molecule has 0 spiro atoms. The van der Waals surface area contributed by atoms with Gasteiger partial charge in [-0.05, 0) is 32.0 Å². The van der Waals surface area contributed by atoms with Gasteiger partial charge < -0.3 is 15.3 Å². The van der Waals surface area contributed by atoms with Gasteiger partial charge in [0.05, 0.1) is 11.6 Å². The molecule has 1 rings (SSSR count). The maximum Gasteiger partial charge on any atom is 0.251 e. The standard InChI is InChI=1S/C13H17ClN2O3/c1-3-16(4-2)12(18)8-15-13(19)9-5-6-11(17)10(14)7-9/h5-7,17H,3-4,8H2,1-2H3,(H,15,19). The van der Waals surface area contributed by atoms with Crippen LogP contribution in [0.2, 0.25) is 5.02 Å². The number of nitrogens with zero attached hydrogens (tertiary/aromatic N) is 1. The van der Waals surface area contributed by atoms with Gasteiger partial charge in [-0.2, -0.15) is 0 Å². The van der Waals surface area contributed by atoms with E-state index in [1.807, 2.05) is 13.8 Å². The number of halogens is 1. The van der Waals surface area contributed by atoms with E-state index in [2.05, 4.69) is 5.32 Å². The first-order chi connectivity index (χ1) is 8.99. The molecule has 0 saturated carbocycles. The van der Waals surface area contributed by atoms with Gasteiger partial charge in [0.1, 0.15) is 5.75 Å². The van der Waals surface area contributed by atoms with E-state index in [1.54, 1.807) is 4.90 Å². The van der Waals surface area contributed by atoms with Crippen LogP contribution in [0.1, 0.15) is 24.2 Å². The highest BCUT2D eigenvalue weighted by atomic mass is 35.5. The van der Waals surface area contributed by atoms with Gasteiger partial charge in [-0.1, -0.05) is 11.6 Å². The number of hydrogen-bond acceptors (Lipinski definition) is 3. The molecule has 0 atom stereocenters. The Bertz CT molecular complexity index is 473. The summed E-state index contributed by atoms with van der Waals surface area (Å²) in [6.07, 6.45) is 0. The Morgan fingerprint density at radius 2 is 1.95 bits per heavy atom. The molecule has 0 aliphatic heterocycles.